The Labute approximate surface area is 114 Å². The Balaban J connectivity index is 1.90. The smallest absolute Gasteiger partial charge is 0.338 e. The van der Waals surface area contributed by atoms with Gasteiger partial charge in [-0.15, -0.1) is 0 Å². The molecule has 4 heteroatoms. The van der Waals surface area contributed by atoms with E-state index in [-0.39, 0.29) is 5.97 Å². The van der Waals surface area contributed by atoms with Crippen LogP contribution in [-0.2, 0) is 11.3 Å². The fourth-order valence-corrected chi connectivity index (χ4v) is 2.59. The van der Waals surface area contributed by atoms with Crippen molar-refractivity contribution in [3.05, 3.63) is 35.4 Å². The maximum atomic E-state index is 11.6. The highest BCUT2D eigenvalue weighted by atomic mass is 16.5. The van der Waals surface area contributed by atoms with Gasteiger partial charge in [0.15, 0.2) is 0 Å². The lowest BCUT2D eigenvalue weighted by Crippen LogP contribution is -2.35. The van der Waals surface area contributed by atoms with Crippen LogP contribution in [-0.4, -0.2) is 44.2 Å². The minimum absolute atomic E-state index is 0.268. The van der Waals surface area contributed by atoms with E-state index in [4.69, 9.17) is 4.74 Å². The Morgan fingerprint density at radius 1 is 1.47 bits per heavy atom. The normalized spacial score (nSPS) is 19.6. The Kier molecular flexibility index (Phi) is 4.93. The van der Waals surface area contributed by atoms with Crippen molar-refractivity contribution in [1.82, 2.24) is 10.2 Å². The predicted molar refractivity (Wildman–Crippen MR) is 75.1 cm³/mol. The maximum Gasteiger partial charge on any atom is 0.338 e. The van der Waals surface area contributed by atoms with Crippen molar-refractivity contribution in [3.8, 4) is 0 Å². The molecule has 0 saturated carbocycles. The van der Waals surface area contributed by atoms with E-state index in [1.165, 1.54) is 26.5 Å². The van der Waals surface area contributed by atoms with E-state index in [1.807, 2.05) is 24.3 Å². The lowest BCUT2D eigenvalue weighted by atomic mass is 10.1. The molecule has 1 heterocycles. The number of likely N-dealkylation sites (N-methyl/N-ethyl adjacent to an activating group) is 1. The first-order chi connectivity index (χ1) is 9.22. The molecule has 0 aromatic heterocycles. The molecule has 104 valence electrons. The van der Waals surface area contributed by atoms with Crippen LogP contribution in [0.15, 0.2) is 24.3 Å². The van der Waals surface area contributed by atoms with Gasteiger partial charge >= 0.3 is 5.97 Å². The van der Waals surface area contributed by atoms with Gasteiger partial charge in [0, 0.05) is 19.1 Å². The molecule has 0 radical (unpaired) electrons. The zero-order valence-corrected chi connectivity index (χ0v) is 11.7. The highest BCUT2D eigenvalue weighted by Gasteiger charge is 2.20. The number of methoxy groups -OCH3 is 1. The maximum absolute atomic E-state index is 11.6. The van der Waals surface area contributed by atoms with Crippen LogP contribution in [0.2, 0.25) is 0 Å². The summed E-state index contributed by atoms with van der Waals surface area (Å²) in [7, 11) is 3.59. The fraction of sp³-hybridized carbons (Fsp3) is 0.533. The highest BCUT2D eigenvalue weighted by molar-refractivity contribution is 5.90. The predicted octanol–water partition coefficient (Wildman–Crippen LogP) is 1.66. The van der Waals surface area contributed by atoms with E-state index in [2.05, 4.69) is 17.3 Å². The standard InChI is InChI=1S/C15H22N2O2/c1-17-9-5-7-13(17)11-16-10-12-6-3-4-8-14(12)15(18)19-2/h3-4,6,8,13,16H,5,7,9-11H2,1-2H3. The summed E-state index contributed by atoms with van der Waals surface area (Å²) in [4.78, 5) is 14.0. The van der Waals surface area contributed by atoms with Gasteiger partial charge in [0.1, 0.15) is 0 Å². The second kappa shape index (κ2) is 6.68. The number of esters is 1. The number of hydrogen-bond acceptors (Lipinski definition) is 4. The van der Waals surface area contributed by atoms with Gasteiger partial charge in [-0.2, -0.15) is 0 Å². The van der Waals surface area contributed by atoms with Crippen molar-refractivity contribution in [3.63, 3.8) is 0 Å². The molecule has 0 amide bonds. The minimum Gasteiger partial charge on any atom is -0.465 e. The largest absolute Gasteiger partial charge is 0.465 e. The van der Waals surface area contributed by atoms with E-state index >= 15 is 0 Å². The average Bonchev–Trinajstić information content (AvgIpc) is 2.84. The average molecular weight is 262 g/mol. The molecule has 1 saturated heterocycles. The molecule has 0 spiro atoms. The quantitative estimate of drug-likeness (QED) is 0.819. The molecule has 4 nitrogen and oxygen atoms in total. The summed E-state index contributed by atoms with van der Waals surface area (Å²) < 4.78 is 4.80. The third-order valence-corrected chi connectivity index (χ3v) is 3.79. The number of rotatable bonds is 5. The summed E-state index contributed by atoms with van der Waals surface area (Å²) in [5.41, 5.74) is 1.65. The van der Waals surface area contributed by atoms with Gasteiger partial charge in [-0.25, -0.2) is 4.79 Å². The number of hydrogen-bond donors (Lipinski definition) is 1. The lowest BCUT2D eigenvalue weighted by molar-refractivity contribution is 0.0599. The summed E-state index contributed by atoms with van der Waals surface area (Å²) in [6.07, 6.45) is 2.53. The topological polar surface area (TPSA) is 41.6 Å². The van der Waals surface area contributed by atoms with Gasteiger partial charge < -0.3 is 15.0 Å². The third-order valence-electron chi connectivity index (χ3n) is 3.79. The van der Waals surface area contributed by atoms with Gasteiger partial charge in [-0.05, 0) is 38.1 Å². The Morgan fingerprint density at radius 3 is 2.95 bits per heavy atom. The van der Waals surface area contributed by atoms with E-state index in [9.17, 15) is 4.79 Å². The van der Waals surface area contributed by atoms with Gasteiger partial charge in [0.2, 0.25) is 0 Å². The van der Waals surface area contributed by atoms with Crippen LogP contribution in [0.3, 0.4) is 0 Å². The molecule has 1 aliphatic rings. The first-order valence-corrected chi connectivity index (χ1v) is 6.79. The Morgan fingerprint density at radius 2 is 2.26 bits per heavy atom. The molecule has 1 aliphatic heterocycles. The molecule has 19 heavy (non-hydrogen) atoms. The van der Waals surface area contributed by atoms with Crippen LogP contribution in [0.1, 0.15) is 28.8 Å². The summed E-state index contributed by atoms with van der Waals surface area (Å²) >= 11 is 0. The second-order valence-electron chi connectivity index (χ2n) is 5.06. The molecule has 0 bridgehead atoms. The molecule has 1 aromatic carbocycles. The molecule has 1 aromatic rings. The van der Waals surface area contributed by atoms with E-state index in [0.717, 1.165) is 12.1 Å². The molecule has 1 fully saturated rings. The molecule has 1 N–H and O–H groups in total. The van der Waals surface area contributed by atoms with E-state index in [0.29, 0.717) is 18.2 Å². The molecule has 1 atom stereocenters. The van der Waals surface area contributed by atoms with Gasteiger partial charge in [0.05, 0.1) is 12.7 Å². The third kappa shape index (κ3) is 3.55. The zero-order chi connectivity index (χ0) is 13.7. The summed E-state index contributed by atoms with van der Waals surface area (Å²) in [5, 5.41) is 3.44. The number of likely N-dealkylation sites (tertiary alicyclic amines) is 1. The number of nitrogens with zero attached hydrogens (tertiary/aromatic N) is 1. The number of carbonyl (C=O) groups is 1. The second-order valence-corrected chi connectivity index (χ2v) is 5.06. The van der Waals surface area contributed by atoms with Gasteiger partial charge in [-0.1, -0.05) is 18.2 Å². The first kappa shape index (κ1) is 14.0. The number of nitrogens with one attached hydrogen (secondary N) is 1. The summed E-state index contributed by atoms with van der Waals surface area (Å²) in [6, 6.07) is 8.21. The van der Waals surface area contributed by atoms with E-state index < -0.39 is 0 Å². The van der Waals surface area contributed by atoms with Crippen LogP contribution in [0, 0.1) is 0 Å². The number of carbonyl (C=O) groups excluding carboxylic acids is 1. The highest BCUT2D eigenvalue weighted by Crippen LogP contribution is 2.14. The van der Waals surface area contributed by atoms with Crippen molar-refractivity contribution in [1.29, 1.82) is 0 Å². The molecule has 2 rings (SSSR count). The molecule has 1 unspecified atom stereocenters. The van der Waals surface area contributed by atoms with Gasteiger partial charge in [-0.3, -0.25) is 0 Å². The SMILES string of the molecule is COC(=O)c1ccccc1CNCC1CCCN1C. The van der Waals surface area contributed by atoms with Crippen molar-refractivity contribution in [2.75, 3.05) is 27.2 Å². The minimum atomic E-state index is -0.268. The van der Waals surface area contributed by atoms with E-state index in [1.54, 1.807) is 0 Å². The summed E-state index contributed by atoms with van der Waals surface area (Å²) in [6.45, 7) is 2.85. The summed E-state index contributed by atoms with van der Waals surface area (Å²) in [5.74, 6) is -0.268. The van der Waals surface area contributed by atoms with Crippen molar-refractivity contribution in [2.45, 2.75) is 25.4 Å². The zero-order valence-electron chi connectivity index (χ0n) is 11.7. The van der Waals surface area contributed by atoms with Crippen molar-refractivity contribution >= 4 is 5.97 Å². The lowest BCUT2D eigenvalue weighted by Gasteiger charge is -2.20. The van der Waals surface area contributed by atoms with Crippen LogP contribution >= 0.6 is 0 Å². The molecular weight excluding hydrogens is 240 g/mol. The molecular formula is C15H22N2O2. The number of ether oxygens (including phenoxy) is 1. The first-order valence-electron chi connectivity index (χ1n) is 6.79. The Bertz CT molecular complexity index is 434. The van der Waals surface area contributed by atoms with Crippen LogP contribution in [0.25, 0.3) is 0 Å². The van der Waals surface area contributed by atoms with Crippen LogP contribution in [0.5, 0.6) is 0 Å². The van der Waals surface area contributed by atoms with Crippen molar-refractivity contribution in [2.24, 2.45) is 0 Å². The fourth-order valence-electron chi connectivity index (χ4n) is 2.59. The van der Waals surface area contributed by atoms with Gasteiger partial charge in [0.25, 0.3) is 0 Å². The Hall–Kier alpha value is -1.39. The van der Waals surface area contributed by atoms with Crippen LogP contribution in [0.4, 0.5) is 0 Å². The van der Waals surface area contributed by atoms with Crippen molar-refractivity contribution < 1.29 is 9.53 Å². The number of benzene rings is 1. The monoisotopic (exact) mass is 262 g/mol. The molecule has 0 aliphatic carbocycles. The van der Waals surface area contributed by atoms with Crippen LogP contribution < -0.4 is 5.32 Å².